The van der Waals surface area contributed by atoms with Crippen LogP contribution in [0.25, 0.3) is 0 Å². The molecule has 0 saturated carbocycles. The monoisotopic (exact) mass is 241 g/mol. The highest BCUT2D eigenvalue weighted by atomic mass is 15.1. The Morgan fingerprint density at radius 2 is 1.78 bits per heavy atom. The summed E-state index contributed by atoms with van der Waals surface area (Å²) in [6.07, 6.45) is 1.83. The van der Waals surface area contributed by atoms with Crippen LogP contribution < -0.4 is 10.6 Å². The fraction of sp³-hybridized carbons (Fsp3) is 0.267. The van der Waals surface area contributed by atoms with Gasteiger partial charge in [0.05, 0.1) is 0 Å². The van der Waals surface area contributed by atoms with Crippen molar-refractivity contribution in [3.05, 3.63) is 53.2 Å². The molecule has 94 valence electrons. The number of aryl methyl sites for hydroxylation is 2. The number of nitrogens with two attached hydrogens (primary N) is 1. The lowest BCUT2D eigenvalue weighted by molar-refractivity contribution is 0.914. The molecule has 18 heavy (non-hydrogen) atoms. The van der Waals surface area contributed by atoms with E-state index in [1.165, 1.54) is 16.8 Å². The molecule has 0 unspecified atom stereocenters. The zero-order valence-corrected chi connectivity index (χ0v) is 11.1. The van der Waals surface area contributed by atoms with E-state index in [2.05, 4.69) is 49.0 Å². The van der Waals surface area contributed by atoms with Crippen LogP contribution >= 0.6 is 0 Å². The molecule has 1 heterocycles. The molecule has 0 aliphatic rings. The highest BCUT2D eigenvalue weighted by molar-refractivity contribution is 5.50. The minimum atomic E-state index is 0.563. The SMILES string of the molecule is Cc1cc(C)cc(N(C)Cc2ccc(N)nc2)c1. The Balaban J connectivity index is 2.16. The average molecular weight is 241 g/mol. The van der Waals surface area contributed by atoms with E-state index in [-0.39, 0.29) is 0 Å². The van der Waals surface area contributed by atoms with Gasteiger partial charge in [0.25, 0.3) is 0 Å². The van der Waals surface area contributed by atoms with Crippen LogP contribution in [0.3, 0.4) is 0 Å². The van der Waals surface area contributed by atoms with Crippen molar-refractivity contribution in [3.63, 3.8) is 0 Å². The predicted octanol–water partition coefficient (Wildman–Crippen LogP) is 2.92. The van der Waals surface area contributed by atoms with Crippen LogP contribution in [0.5, 0.6) is 0 Å². The Hall–Kier alpha value is -2.03. The Morgan fingerprint density at radius 1 is 1.11 bits per heavy atom. The number of benzene rings is 1. The molecule has 1 aromatic carbocycles. The number of aromatic nitrogens is 1. The number of nitrogens with zero attached hydrogens (tertiary/aromatic N) is 2. The van der Waals surface area contributed by atoms with Gasteiger partial charge in [-0.15, -0.1) is 0 Å². The second kappa shape index (κ2) is 5.08. The van der Waals surface area contributed by atoms with Gasteiger partial charge in [-0.3, -0.25) is 0 Å². The average Bonchev–Trinajstić information content (AvgIpc) is 2.31. The smallest absolute Gasteiger partial charge is 0.123 e. The predicted molar refractivity (Wildman–Crippen MR) is 76.7 cm³/mol. The van der Waals surface area contributed by atoms with E-state index in [1.54, 1.807) is 0 Å². The normalized spacial score (nSPS) is 10.4. The first-order chi connectivity index (χ1) is 8.54. The number of pyridine rings is 1. The van der Waals surface area contributed by atoms with Crippen molar-refractivity contribution in [1.82, 2.24) is 4.98 Å². The highest BCUT2D eigenvalue weighted by Gasteiger charge is 2.04. The second-order valence-electron chi connectivity index (χ2n) is 4.79. The maximum absolute atomic E-state index is 5.58. The zero-order chi connectivity index (χ0) is 13.1. The van der Waals surface area contributed by atoms with E-state index in [0.29, 0.717) is 5.82 Å². The van der Waals surface area contributed by atoms with Gasteiger partial charge >= 0.3 is 0 Å². The molecule has 1 aromatic heterocycles. The summed E-state index contributed by atoms with van der Waals surface area (Å²) in [5, 5.41) is 0. The lowest BCUT2D eigenvalue weighted by atomic mass is 10.1. The van der Waals surface area contributed by atoms with Crippen molar-refractivity contribution in [1.29, 1.82) is 0 Å². The largest absolute Gasteiger partial charge is 0.384 e. The van der Waals surface area contributed by atoms with E-state index in [0.717, 1.165) is 12.1 Å². The summed E-state index contributed by atoms with van der Waals surface area (Å²) in [6.45, 7) is 5.07. The van der Waals surface area contributed by atoms with Gasteiger partial charge in [0.1, 0.15) is 5.82 Å². The summed E-state index contributed by atoms with van der Waals surface area (Å²) in [7, 11) is 2.09. The Morgan fingerprint density at radius 3 is 2.33 bits per heavy atom. The third-order valence-corrected chi connectivity index (χ3v) is 2.91. The van der Waals surface area contributed by atoms with Crippen molar-refractivity contribution in [2.24, 2.45) is 0 Å². The summed E-state index contributed by atoms with van der Waals surface area (Å²) in [6, 6.07) is 10.4. The lowest BCUT2D eigenvalue weighted by Crippen LogP contribution is -2.16. The summed E-state index contributed by atoms with van der Waals surface area (Å²) in [5.74, 6) is 0.563. The fourth-order valence-electron chi connectivity index (χ4n) is 2.07. The highest BCUT2D eigenvalue weighted by Crippen LogP contribution is 2.19. The molecule has 0 atom stereocenters. The third-order valence-electron chi connectivity index (χ3n) is 2.91. The van der Waals surface area contributed by atoms with Gasteiger partial charge in [0.2, 0.25) is 0 Å². The molecule has 3 nitrogen and oxygen atoms in total. The van der Waals surface area contributed by atoms with Gasteiger partial charge in [0, 0.05) is 25.5 Å². The van der Waals surface area contributed by atoms with E-state index in [9.17, 15) is 0 Å². The first-order valence-corrected chi connectivity index (χ1v) is 6.04. The third kappa shape index (κ3) is 3.00. The molecule has 2 N–H and O–H groups in total. The number of rotatable bonds is 3. The number of anilines is 2. The number of hydrogen-bond acceptors (Lipinski definition) is 3. The summed E-state index contributed by atoms with van der Waals surface area (Å²) >= 11 is 0. The molecule has 0 spiro atoms. The van der Waals surface area contributed by atoms with Crippen LogP contribution in [-0.4, -0.2) is 12.0 Å². The quantitative estimate of drug-likeness (QED) is 0.898. The number of nitrogen functional groups attached to an aromatic ring is 1. The first-order valence-electron chi connectivity index (χ1n) is 6.04. The van der Waals surface area contributed by atoms with Gasteiger partial charge in [-0.25, -0.2) is 4.98 Å². The Labute approximate surface area is 108 Å². The minimum Gasteiger partial charge on any atom is -0.384 e. The molecule has 0 bridgehead atoms. The molecule has 0 fully saturated rings. The topological polar surface area (TPSA) is 42.1 Å². The first kappa shape index (κ1) is 12.4. The van der Waals surface area contributed by atoms with Crippen molar-refractivity contribution >= 4 is 11.5 Å². The zero-order valence-electron chi connectivity index (χ0n) is 11.1. The van der Waals surface area contributed by atoms with Crippen molar-refractivity contribution < 1.29 is 0 Å². The van der Waals surface area contributed by atoms with Gasteiger partial charge in [0.15, 0.2) is 0 Å². The molecule has 0 radical (unpaired) electrons. The molecular formula is C15H19N3. The fourth-order valence-corrected chi connectivity index (χ4v) is 2.07. The van der Waals surface area contributed by atoms with E-state index in [4.69, 9.17) is 5.73 Å². The van der Waals surface area contributed by atoms with E-state index >= 15 is 0 Å². The van der Waals surface area contributed by atoms with Gasteiger partial charge in [-0.1, -0.05) is 12.1 Å². The number of hydrogen-bond donors (Lipinski definition) is 1. The van der Waals surface area contributed by atoms with Crippen LogP contribution in [-0.2, 0) is 6.54 Å². The van der Waals surface area contributed by atoms with Gasteiger partial charge in [-0.2, -0.15) is 0 Å². The van der Waals surface area contributed by atoms with Crippen molar-refractivity contribution in [3.8, 4) is 0 Å². The maximum Gasteiger partial charge on any atom is 0.123 e. The van der Waals surface area contributed by atoms with Crippen LogP contribution in [0.4, 0.5) is 11.5 Å². The van der Waals surface area contributed by atoms with Crippen LogP contribution in [0.15, 0.2) is 36.5 Å². The lowest BCUT2D eigenvalue weighted by Gasteiger charge is -2.20. The van der Waals surface area contributed by atoms with E-state index < -0.39 is 0 Å². The summed E-state index contributed by atoms with van der Waals surface area (Å²) < 4.78 is 0. The van der Waals surface area contributed by atoms with Gasteiger partial charge in [-0.05, 0) is 48.7 Å². The van der Waals surface area contributed by atoms with Crippen molar-refractivity contribution in [2.75, 3.05) is 17.7 Å². The molecule has 0 amide bonds. The second-order valence-corrected chi connectivity index (χ2v) is 4.79. The van der Waals surface area contributed by atoms with Crippen LogP contribution in [0.1, 0.15) is 16.7 Å². The molecule has 0 aliphatic carbocycles. The van der Waals surface area contributed by atoms with Crippen LogP contribution in [0.2, 0.25) is 0 Å². The Bertz CT molecular complexity index is 512. The molecular weight excluding hydrogens is 222 g/mol. The van der Waals surface area contributed by atoms with Crippen molar-refractivity contribution in [2.45, 2.75) is 20.4 Å². The Kier molecular flexibility index (Phi) is 3.51. The maximum atomic E-state index is 5.58. The molecule has 2 rings (SSSR count). The standard InChI is InChI=1S/C15H19N3/c1-11-6-12(2)8-14(7-11)18(3)10-13-4-5-15(16)17-9-13/h4-9H,10H2,1-3H3,(H2,16,17). The minimum absolute atomic E-state index is 0.563. The molecule has 2 aromatic rings. The summed E-state index contributed by atoms with van der Waals surface area (Å²) in [4.78, 5) is 6.33. The molecule has 3 heteroatoms. The van der Waals surface area contributed by atoms with E-state index in [1.807, 2.05) is 18.3 Å². The van der Waals surface area contributed by atoms with Crippen LogP contribution in [0, 0.1) is 13.8 Å². The van der Waals surface area contributed by atoms with Gasteiger partial charge < -0.3 is 10.6 Å². The molecule has 0 saturated heterocycles. The summed E-state index contributed by atoms with van der Waals surface area (Å²) in [5.41, 5.74) is 10.5. The molecule has 0 aliphatic heterocycles.